The topological polar surface area (TPSA) is 53.2 Å². The molecule has 0 saturated heterocycles. The van der Waals surface area contributed by atoms with Crippen molar-refractivity contribution in [1.82, 2.24) is 9.88 Å². The normalized spacial score (nSPS) is 14.1. The van der Waals surface area contributed by atoms with Gasteiger partial charge in [-0.3, -0.25) is 9.59 Å². The van der Waals surface area contributed by atoms with Crippen molar-refractivity contribution < 1.29 is 9.59 Å². The Morgan fingerprint density at radius 3 is 2.65 bits per heavy atom. The molecule has 0 atom stereocenters. The Kier molecular flexibility index (Phi) is 4.12. The van der Waals surface area contributed by atoms with E-state index in [1.807, 2.05) is 20.8 Å². The Balaban J connectivity index is 2.35. The highest BCUT2D eigenvalue weighted by Gasteiger charge is 2.27. The van der Waals surface area contributed by atoms with Crippen LogP contribution in [-0.4, -0.2) is 34.7 Å². The van der Waals surface area contributed by atoms with Crippen molar-refractivity contribution in [3.8, 4) is 0 Å². The number of aromatic amines is 1. The minimum atomic E-state index is -0.0461. The molecule has 1 aromatic rings. The summed E-state index contributed by atoms with van der Waals surface area (Å²) in [5.74, 6) is 0.109. The third kappa shape index (κ3) is 2.55. The molecular formula is C16H22N2O2. The van der Waals surface area contributed by atoms with E-state index in [-0.39, 0.29) is 11.7 Å². The number of rotatable bonds is 4. The summed E-state index contributed by atoms with van der Waals surface area (Å²) in [4.78, 5) is 29.5. The van der Waals surface area contributed by atoms with Gasteiger partial charge in [-0.05, 0) is 39.2 Å². The van der Waals surface area contributed by atoms with Gasteiger partial charge in [-0.15, -0.1) is 0 Å². The van der Waals surface area contributed by atoms with Crippen LogP contribution in [0.1, 0.15) is 58.8 Å². The fourth-order valence-corrected chi connectivity index (χ4v) is 2.80. The highest BCUT2D eigenvalue weighted by atomic mass is 16.2. The van der Waals surface area contributed by atoms with Crippen molar-refractivity contribution in [3.05, 3.63) is 34.7 Å². The monoisotopic (exact) mass is 274 g/mol. The average molecular weight is 274 g/mol. The molecule has 4 heteroatoms. The average Bonchev–Trinajstić information content (AvgIpc) is 2.73. The van der Waals surface area contributed by atoms with Gasteiger partial charge < -0.3 is 9.88 Å². The Morgan fingerprint density at radius 1 is 1.40 bits per heavy atom. The molecule has 4 nitrogen and oxygen atoms in total. The predicted molar refractivity (Wildman–Crippen MR) is 79.2 cm³/mol. The van der Waals surface area contributed by atoms with Crippen LogP contribution in [0, 0.1) is 6.92 Å². The number of H-pyrrole nitrogens is 1. The quantitative estimate of drug-likeness (QED) is 0.858. The molecule has 0 aliphatic heterocycles. The smallest absolute Gasteiger partial charge is 0.270 e. The number of likely N-dealkylation sites (N-methyl/N-ethyl adjacent to an activating group) is 1. The maximum Gasteiger partial charge on any atom is 0.270 e. The molecule has 1 aromatic heterocycles. The highest BCUT2D eigenvalue weighted by molar-refractivity contribution is 6.04. The molecule has 0 saturated carbocycles. The molecule has 1 amide bonds. The predicted octanol–water partition coefficient (Wildman–Crippen LogP) is 2.88. The van der Waals surface area contributed by atoms with E-state index in [9.17, 15) is 9.59 Å². The zero-order chi connectivity index (χ0) is 14.9. The summed E-state index contributed by atoms with van der Waals surface area (Å²) in [5, 5.41) is 0. The fourth-order valence-electron chi connectivity index (χ4n) is 2.80. The first-order valence-electron chi connectivity index (χ1n) is 7.14. The Morgan fingerprint density at radius 2 is 2.10 bits per heavy atom. The van der Waals surface area contributed by atoms with E-state index in [1.165, 1.54) is 0 Å². The second kappa shape index (κ2) is 5.65. The van der Waals surface area contributed by atoms with Crippen LogP contribution in [0.15, 0.2) is 12.2 Å². The number of fused-ring (bicyclic) bond motifs is 1. The van der Waals surface area contributed by atoms with Gasteiger partial charge in [-0.25, -0.2) is 0 Å². The molecule has 1 aliphatic carbocycles. The molecule has 108 valence electrons. The minimum absolute atomic E-state index is 0.0461. The third-order valence-corrected chi connectivity index (χ3v) is 3.78. The van der Waals surface area contributed by atoms with E-state index in [0.29, 0.717) is 25.2 Å². The van der Waals surface area contributed by atoms with E-state index in [4.69, 9.17) is 0 Å². The fraction of sp³-hybridized carbons (Fsp3) is 0.500. The summed E-state index contributed by atoms with van der Waals surface area (Å²) in [7, 11) is 0. The first-order valence-corrected chi connectivity index (χ1v) is 7.14. The second-order valence-corrected chi connectivity index (χ2v) is 5.53. The number of carbonyl (C=O) groups excluding carboxylic acids is 2. The van der Waals surface area contributed by atoms with Crippen LogP contribution >= 0.6 is 0 Å². The summed E-state index contributed by atoms with van der Waals surface area (Å²) >= 11 is 0. The SMILES string of the molecule is C=C(C)CN(CC)C(=O)c1[nH]c2c(c1C)C(=O)CCC2. The van der Waals surface area contributed by atoms with Gasteiger partial charge in [0.05, 0.1) is 0 Å². The third-order valence-electron chi connectivity index (χ3n) is 3.78. The van der Waals surface area contributed by atoms with E-state index < -0.39 is 0 Å². The zero-order valence-corrected chi connectivity index (χ0v) is 12.5. The molecule has 0 bridgehead atoms. The highest BCUT2D eigenvalue weighted by Crippen LogP contribution is 2.27. The standard InChI is InChI=1S/C16H22N2O2/c1-5-18(9-10(2)3)16(20)15-11(4)14-12(17-15)7-6-8-13(14)19/h17H,2,5-9H2,1,3-4H3. The molecule has 20 heavy (non-hydrogen) atoms. The van der Waals surface area contributed by atoms with Gasteiger partial charge in [0.15, 0.2) is 5.78 Å². The van der Waals surface area contributed by atoms with Crippen molar-refractivity contribution in [2.45, 2.75) is 40.0 Å². The van der Waals surface area contributed by atoms with Crippen molar-refractivity contribution >= 4 is 11.7 Å². The minimum Gasteiger partial charge on any atom is -0.354 e. The lowest BCUT2D eigenvalue weighted by Crippen LogP contribution is -2.32. The van der Waals surface area contributed by atoms with Gasteiger partial charge in [0.2, 0.25) is 0 Å². The Hall–Kier alpha value is -1.84. The van der Waals surface area contributed by atoms with Gasteiger partial charge in [-0.2, -0.15) is 0 Å². The second-order valence-electron chi connectivity index (χ2n) is 5.53. The largest absolute Gasteiger partial charge is 0.354 e. The molecule has 1 heterocycles. The van der Waals surface area contributed by atoms with Crippen molar-refractivity contribution in [2.75, 3.05) is 13.1 Å². The molecule has 0 radical (unpaired) electrons. The van der Waals surface area contributed by atoms with E-state index in [1.54, 1.807) is 4.90 Å². The van der Waals surface area contributed by atoms with Crippen molar-refractivity contribution in [3.63, 3.8) is 0 Å². The molecule has 1 aliphatic rings. The lowest BCUT2D eigenvalue weighted by Gasteiger charge is -2.20. The number of amides is 1. The summed E-state index contributed by atoms with van der Waals surface area (Å²) < 4.78 is 0. The van der Waals surface area contributed by atoms with Gasteiger partial charge in [0.1, 0.15) is 5.69 Å². The Labute approximate surface area is 119 Å². The number of hydrogen-bond donors (Lipinski definition) is 1. The number of hydrogen-bond acceptors (Lipinski definition) is 2. The van der Waals surface area contributed by atoms with Gasteiger partial charge in [0, 0.05) is 30.8 Å². The Bertz CT molecular complexity index is 569. The number of nitrogens with zero attached hydrogens (tertiary/aromatic N) is 1. The van der Waals surface area contributed by atoms with Crippen molar-refractivity contribution in [1.29, 1.82) is 0 Å². The molecule has 0 aromatic carbocycles. The van der Waals surface area contributed by atoms with E-state index in [0.717, 1.165) is 35.2 Å². The van der Waals surface area contributed by atoms with E-state index in [2.05, 4.69) is 11.6 Å². The zero-order valence-electron chi connectivity index (χ0n) is 12.5. The van der Waals surface area contributed by atoms with Gasteiger partial charge in [0.25, 0.3) is 5.91 Å². The maximum absolute atomic E-state index is 12.6. The van der Waals surface area contributed by atoms with Crippen LogP contribution in [0.25, 0.3) is 0 Å². The number of aryl methyl sites for hydroxylation is 1. The summed E-state index contributed by atoms with van der Waals surface area (Å²) in [5.41, 5.74) is 3.98. The number of Topliss-reactive ketones (excluding diaryl/α,β-unsaturated/α-hetero) is 1. The first kappa shape index (κ1) is 14.6. The number of ketones is 1. The molecule has 0 unspecified atom stereocenters. The first-order chi connectivity index (χ1) is 9.45. The van der Waals surface area contributed by atoms with Crippen LogP contribution < -0.4 is 0 Å². The molecule has 0 spiro atoms. The molecule has 1 N–H and O–H groups in total. The molecule has 0 fully saturated rings. The number of nitrogens with one attached hydrogen (secondary N) is 1. The van der Waals surface area contributed by atoms with E-state index >= 15 is 0 Å². The van der Waals surface area contributed by atoms with Crippen LogP contribution in [-0.2, 0) is 6.42 Å². The summed E-state index contributed by atoms with van der Waals surface area (Å²) in [6.45, 7) is 10.8. The number of aromatic nitrogens is 1. The molecular weight excluding hydrogens is 252 g/mol. The van der Waals surface area contributed by atoms with Crippen LogP contribution in [0.3, 0.4) is 0 Å². The lowest BCUT2D eigenvalue weighted by molar-refractivity contribution is 0.0772. The van der Waals surface area contributed by atoms with Crippen LogP contribution in [0.5, 0.6) is 0 Å². The summed E-state index contributed by atoms with van der Waals surface area (Å²) in [6, 6.07) is 0. The van der Waals surface area contributed by atoms with Gasteiger partial charge >= 0.3 is 0 Å². The maximum atomic E-state index is 12.6. The van der Waals surface area contributed by atoms with Crippen molar-refractivity contribution in [2.24, 2.45) is 0 Å². The van der Waals surface area contributed by atoms with Gasteiger partial charge in [-0.1, -0.05) is 12.2 Å². The van der Waals surface area contributed by atoms with Crippen LogP contribution in [0.2, 0.25) is 0 Å². The molecule has 2 rings (SSSR count). The van der Waals surface area contributed by atoms with Crippen LogP contribution in [0.4, 0.5) is 0 Å². The summed E-state index contributed by atoms with van der Waals surface area (Å²) in [6.07, 6.45) is 2.30. The number of carbonyl (C=O) groups is 2. The lowest BCUT2D eigenvalue weighted by atomic mass is 9.94.